The van der Waals surface area contributed by atoms with Crippen LogP contribution in [0, 0.1) is 0 Å². The lowest BCUT2D eigenvalue weighted by atomic mass is 9.96. The van der Waals surface area contributed by atoms with Gasteiger partial charge in [-0.2, -0.15) is 0 Å². The Balaban J connectivity index is 1.28. The standard InChI is InChI=1S/C28H33N3O3/c1-22(32)29-25-12-14-27(15-13-25)34-21-26(33)20-30-16-18-31(19-17-30)28(23-8-4-2-5-9-23)24-10-6-3-7-11-24/h2-15,26,28,33H,16-21H2,1H3,(H,29,32). The highest BCUT2D eigenvalue weighted by molar-refractivity contribution is 5.88. The first kappa shape index (κ1) is 24.0. The predicted molar refractivity (Wildman–Crippen MR) is 135 cm³/mol. The van der Waals surface area contributed by atoms with Crippen molar-refractivity contribution in [3.8, 4) is 5.75 Å². The lowest BCUT2D eigenvalue weighted by molar-refractivity contribution is -0.114. The molecule has 0 aromatic heterocycles. The molecule has 0 saturated carbocycles. The summed E-state index contributed by atoms with van der Waals surface area (Å²) in [7, 11) is 0. The van der Waals surface area contributed by atoms with Crippen LogP contribution in [-0.4, -0.2) is 66.2 Å². The Morgan fingerprint density at radius 2 is 1.44 bits per heavy atom. The number of nitrogens with one attached hydrogen (secondary N) is 1. The Bertz CT molecular complexity index is 980. The number of amides is 1. The van der Waals surface area contributed by atoms with Crippen LogP contribution in [0.2, 0.25) is 0 Å². The van der Waals surface area contributed by atoms with Gasteiger partial charge in [0.05, 0.1) is 6.04 Å². The van der Waals surface area contributed by atoms with E-state index >= 15 is 0 Å². The van der Waals surface area contributed by atoms with Crippen molar-refractivity contribution in [2.45, 2.75) is 19.1 Å². The first-order valence-corrected chi connectivity index (χ1v) is 11.8. The average Bonchev–Trinajstić information content (AvgIpc) is 2.86. The average molecular weight is 460 g/mol. The molecule has 3 aromatic carbocycles. The maximum Gasteiger partial charge on any atom is 0.221 e. The number of ether oxygens (including phenoxy) is 1. The van der Waals surface area contributed by atoms with Crippen molar-refractivity contribution in [2.75, 3.05) is 44.6 Å². The summed E-state index contributed by atoms with van der Waals surface area (Å²) in [6, 6.07) is 28.7. The van der Waals surface area contributed by atoms with Gasteiger partial charge in [-0.3, -0.25) is 14.6 Å². The maximum atomic E-state index is 11.1. The number of β-amino-alcohol motifs (C(OH)–C–C–N with tert-alkyl or cyclic N) is 1. The Morgan fingerprint density at radius 1 is 0.882 bits per heavy atom. The number of carbonyl (C=O) groups excluding carboxylic acids is 1. The van der Waals surface area contributed by atoms with E-state index in [2.05, 4.69) is 75.8 Å². The summed E-state index contributed by atoms with van der Waals surface area (Å²) in [6.45, 7) is 5.97. The van der Waals surface area contributed by atoms with Gasteiger partial charge < -0.3 is 15.2 Å². The van der Waals surface area contributed by atoms with Gasteiger partial charge in [-0.25, -0.2) is 0 Å². The van der Waals surface area contributed by atoms with Crippen molar-refractivity contribution in [1.29, 1.82) is 0 Å². The molecule has 6 heteroatoms. The minimum absolute atomic E-state index is 0.108. The van der Waals surface area contributed by atoms with E-state index in [1.54, 1.807) is 24.3 Å². The summed E-state index contributed by atoms with van der Waals surface area (Å²) in [5.74, 6) is 0.564. The lowest BCUT2D eigenvalue weighted by Crippen LogP contribution is -2.50. The molecule has 1 heterocycles. The van der Waals surface area contributed by atoms with Gasteiger partial charge in [0, 0.05) is 45.3 Å². The van der Waals surface area contributed by atoms with Gasteiger partial charge in [-0.15, -0.1) is 0 Å². The maximum absolute atomic E-state index is 11.1. The van der Waals surface area contributed by atoms with Crippen LogP contribution in [0.1, 0.15) is 24.1 Å². The molecule has 1 unspecified atom stereocenters. The van der Waals surface area contributed by atoms with Crippen molar-refractivity contribution in [3.63, 3.8) is 0 Å². The number of carbonyl (C=O) groups is 1. The molecule has 1 atom stereocenters. The summed E-state index contributed by atoms with van der Waals surface area (Å²) < 4.78 is 5.74. The van der Waals surface area contributed by atoms with Crippen LogP contribution < -0.4 is 10.1 Å². The predicted octanol–water partition coefficient (Wildman–Crippen LogP) is 3.79. The zero-order valence-electron chi connectivity index (χ0n) is 19.6. The molecule has 4 rings (SSSR count). The Labute approximate surface area is 201 Å². The molecular formula is C28H33N3O3. The van der Waals surface area contributed by atoms with Crippen LogP contribution >= 0.6 is 0 Å². The summed E-state index contributed by atoms with van der Waals surface area (Å²) >= 11 is 0. The summed E-state index contributed by atoms with van der Waals surface area (Å²) in [6.07, 6.45) is -0.569. The molecule has 0 aliphatic carbocycles. The molecule has 1 fully saturated rings. The number of piperazine rings is 1. The monoisotopic (exact) mass is 459 g/mol. The van der Waals surface area contributed by atoms with E-state index in [0.29, 0.717) is 12.3 Å². The fraction of sp³-hybridized carbons (Fsp3) is 0.321. The molecule has 0 spiro atoms. The van der Waals surface area contributed by atoms with Crippen LogP contribution in [0.3, 0.4) is 0 Å². The normalized spacial score (nSPS) is 15.7. The van der Waals surface area contributed by atoms with E-state index in [1.165, 1.54) is 18.1 Å². The molecule has 1 saturated heterocycles. The zero-order valence-corrected chi connectivity index (χ0v) is 19.6. The van der Waals surface area contributed by atoms with Gasteiger partial charge in [0.15, 0.2) is 0 Å². The summed E-state index contributed by atoms with van der Waals surface area (Å²) in [5, 5.41) is 13.3. The van der Waals surface area contributed by atoms with Gasteiger partial charge in [0.2, 0.25) is 5.91 Å². The highest BCUT2D eigenvalue weighted by Gasteiger charge is 2.27. The van der Waals surface area contributed by atoms with Gasteiger partial charge >= 0.3 is 0 Å². The van der Waals surface area contributed by atoms with Crippen molar-refractivity contribution in [2.24, 2.45) is 0 Å². The van der Waals surface area contributed by atoms with Gasteiger partial charge in [0.25, 0.3) is 0 Å². The molecule has 3 aromatic rings. The first-order valence-electron chi connectivity index (χ1n) is 11.8. The molecule has 1 aliphatic heterocycles. The number of hydrogen-bond donors (Lipinski definition) is 2. The van der Waals surface area contributed by atoms with Crippen LogP contribution in [0.25, 0.3) is 0 Å². The van der Waals surface area contributed by atoms with Crippen LogP contribution in [0.15, 0.2) is 84.9 Å². The fourth-order valence-corrected chi connectivity index (χ4v) is 4.47. The number of nitrogens with zero attached hydrogens (tertiary/aromatic N) is 2. The molecule has 1 amide bonds. The molecule has 0 radical (unpaired) electrons. The number of anilines is 1. The van der Waals surface area contributed by atoms with E-state index in [0.717, 1.165) is 31.9 Å². The first-order chi connectivity index (χ1) is 16.6. The minimum atomic E-state index is -0.569. The molecule has 2 N–H and O–H groups in total. The molecule has 178 valence electrons. The van der Waals surface area contributed by atoms with Crippen LogP contribution in [-0.2, 0) is 4.79 Å². The fourth-order valence-electron chi connectivity index (χ4n) is 4.47. The second-order valence-electron chi connectivity index (χ2n) is 8.73. The number of rotatable bonds is 9. The number of benzene rings is 3. The second kappa shape index (κ2) is 11.8. The van der Waals surface area contributed by atoms with Crippen molar-refractivity contribution in [1.82, 2.24) is 9.80 Å². The summed E-state index contributed by atoms with van der Waals surface area (Å²) in [4.78, 5) is 16.0. The van der Waals surface area contributed by atoms with Crippen molar-refractivity contribution >= 4 is 11.6 Å². The smallest absolute Gasteiger partial charge is 0.221 e. The van der Waals surface area contributed by atoms with E-state index in [1.807, 2.05) is 0 Å². The van der Waals surface area contributed by atoms with Crippen LogP contribution in [0.5, 0.6) is 5.75 Å². The van der Waals surface area contributed by atoms with Gasteiger partial charge in [-0.05, 0) is 35.4 Å². The largest absolute Gasteiger partial charge is 0.491 e. The minimum Gasteiger partial charge on any atom is -0.491 e. The molecule has 0 bridgehead atoms. The van der Waals surface area contributed by atoms with E-state index in [-0.39, 0.29) is 18.6 Å². The van der Waals surface area contributed by atoms with Crippen LogP contribution in [0.4, 0.5) is 5.69 Å². The number of aliphatic hydroxyl groups is 1. The second-order valence-corrected chi connectivity index (χ2v) is 8.73. The molecular weight excluding hydrogens is 426 g/mol. The van der Waals surface area contributed by atoms with Crippen molar-refractivity contribution < 1.29 is 14.6 Å². The number of aliphatic hydroxyl groups excluding tert-OH is 1. The SMILES string of the molecule is CC(=O)Nc1ccc(OCC(O)CN2CCN(C(c3ccccc3)c3ccccc3)CC2)cc1. The molecule has 1 aliphatic rings. The Morgan fingerprint density at radius 3 is 1.97 bits per heavy atom. The highest BCUT2D eigenvalue weighted by Crippen LogP contribution is 2.29. The third-order valence-corrected chi connectivity index (χ3v) is 6.09. The number of hydrogen-bond acceptors (Lipinski definition) is 5. The molecule has 34 heavy (non-hydrogen) atoms. The Kier molecular flexibility index (Phi) is 8.31. The highest BCUT2D eigenvalue weighted by atomic mass is 16.5. The third kappa shape index (κ3) is 6.67. The van der Waals surface area contributed by atoms with Gasteiger partial charge in [0.1, 0.15) is 18.5 Å². The topological polar surface area (TPSA) is 65.0 Å². The zero-order chi connectivity index (χ0) is 23.8. The van der Waals surface area contributed by atoms with E-state index < -0.39 is 6.10 Å². The lowest BCUT2D eigenvalue weighted by Gasteiger charge is -2.40. The van der Waals surface area contributed by atoms with Gasteiger partial charge in [-0.1, -0.05) is 60.7 Å². The van der Waals surface area contributed by atoms with Crippen molar-refractivity contribution in [3.05, 3.63) is 96.1 Å². The summed E-state index contributed by atoms with van der Waals surface area (Å²) in [5.41, 5.74) is 3.34. The van der Waals surface area contributed by atoms with E-state index in [4.69, 9.17) is 4.74 Å². The molecule has 6 nitrogen and oxygen atoms in total. The van der Waals surface area contributed by atoms with E-state index in [9.17, 15) is 9.90 Å². The quantitative estimate of drug-likeness (QED) is 0.510. The third-order valence-electron chi connectivity index (χ3n) is 6.09. The Hall–Kier alpha value is -3.19.